The van der Waals surface area contributed by atoms with E-state index in [0.29, 0.717) is 18.0 Å². The van der Waals surface area contributed by atoms with Gasteiger partial charge in [-0.25, -0.2) is 0 Å². The second-order valence-electron chi connectivity index (χ2n) is 4.60. The Balaban J connectivity index is 2.32. The summed E-state index contributed by atoms with van der Waals surface area (Å²) in [5, 5.41) is 12.8. The molecule has 1 aromatic rings. The van der Waals surface area contributed by atoms with Crippen LogP contribution in [0.3, 0.4) is 0 Å². The lowest BCUT2D eigenvalue weighted by atomic mass is 10.2. The number of rotatable bonds is 9. The first-order valence-corrected chi connectivity index (χ1v) is 6.48. The molecule has 112 valence electrons. The lowest BCUT2D eigenvalue weighted by molar-refractivity contribution is -0.118. The van der Waals surface area contributed by atoms with Gasteiger partial charge in [0.1, 0.15) is 12.7 Å². The Bertz CT molecular complexity index is 425. The van der Waals surface area contributed by atoms with Gasteiger partial charge in [-0.3, -0.25) is 4.79 Å². The number of para-hydroxylation sites is 2. The maximum absolute atomic E-state index is 10.7. The molecule has 2 unspecified atom stereocenters. The molecule has 1 aromatic carbocycles. The summed E-state index contributed by atoms with van der Waals surface area (Å²) in [5.41, 5.74) is 5.09. The molecule has 2 atom stereocenters. The molecular formula is C14H22N2O4. The predicted molar refractivity (Wildman–Crippen MR) is 75.8 cm³/mol. The van der Waals surface area contributed by atoms with Gasteiger partial charge in [0.25, 0.3) is 0 Å². The van der Waals surface area contributed by atoms with Crippen molar-refractivity contribution in [3.8, 4) is 11.5 Å². The molecule has 0 fully saturated rings. The molecule has 6 heteroatoms. The van der Waals surface area contributed by atoms with Gasteiger partial charge in [0.05, 0.1) is 7.11 Å². The van der Waals surface area contributed by atoms with E-state index in [1.54, 1.807) is 19.2 Å². The van der Waals surface area contributed by atoms with Crippen LogP contribution in [0.2, 0.25) is 0 Å². The highest BCUT2D eigenvalue weighted by atomic mass is 16.5. The van der Waals surface area contributed by atoms with Gasteiger partial charge in [0.15, 0.2) is 11.5 Å². The van der Waals surface area contributed by atoms with Crippen molar-refractivity contribution in [3.63, 3.8) is 0 Å². The fourth-order valence-corrected chi connectivity index (χ4v) is 1.69. The summed E-state index contributed by atoms with van der Waals surface area (Å²) in [6.45, 7) is 2.29. The molecule has 0 aromatic heterocycles. The maximum atomic E-state index is 10.7. The molecule has 0 radical (unpaired) electrons. The van der Waals surface area contributed by atoms with E-state index >= 15 is 0 Å². The molecule has 0 aliphatic carbocycles. The van der Waals surface area contributed by atoms with Gasteiger partial charge >= 0.3 is 0 Å². The first-order valence-electron chi connectivity index (χ1n) is 6.48. The van der Waals surface area contributed by atoms with E-state index in [4.69, 9.17) is 15.2 Å². The number of nitrogens with two attached hydrogens (primary N) is 1. The van der Waals surface area contributed by atoms with Gasteiger partial charge < -0.3 is 25.6 Å². The molecule has 1 amide bonds. The van der Waals surface area contributed by atoms with Crippen LogP contribution in [0.25, 0.3) is 0 Å². The predicted octanol–water partition coefficient (Wildman–Crippen LogP) is 0.288. The molecular weight excluding hydrogens is 260 g/mol. The number of carbonyl (C=O) groups excluding carboxylic acids is 1. The Kier molecular flexibility index (Phi) is 6.83. The normalized spacial score (nSPS) is 13.6. The summed E-state index contributed by atoms with van der Waals surface area (Å²) >= 11 is 0. The van der Waals surface area contributed by atoms with Crippen molar-refractivity contribution in [1.82, 2.24) is 5.32 Å². The van der Waals surface area contributed by atoms with Crippen LogP contribution in [0, 0.1) is 0 Å². The summed E-state index contributed by atoms with van der Waals surface area (Å²) in [6.07, 6.45) is -0.449. The number of hydrogen-bond acceptors (Lipinski definition) is 5. The molecule has 0 heterocycles. The van der Waals surface area contributed by atoms with Crippen molar-refractivity contribution in [3.05, 3.63) is 24.3 Å². The quantitative estimate of drug-likeness (QED) is 0.605. The van der Waals surface area contributed by atoms with E-state index in [-0.39, 0.29) is 25.0 Å². The van der Waals surface area contributed by atoms with E-state index < -0.39 is 6.10 Å². The molecule has 0 saturated carbocycles. The number of ether oxygens (including phenoxy) is 2. The van der Waals surface area contributed by atoms with Crippen LogP contribution in [0.4, 0.5) is 0 Å². The SMILES string of the molecule is COc1ccccc1OCC(O)CNC(C)CC(N)=O. The third-order valence-corrected chi connectivity index (χ3v) is 2.71. The minimum Gasteiger partial charge on any atom is -0.493 e. The summed E-state index contributed by atoms with van der Waals surface area (Å²) < 4.78 is 10.6. The van der Waals surface area contributed by atoms with Crippen LogP contribution in [-0.2, 0) is 4.79 Å². The highest BCUT2D eigenvalue weighted by Gasteiger charge is 2.11. The monoisotopic (exact) mass is 282 g/mol. The van der Waals surface area contributed by atoms with Gasteiger partial charge in [-0.15, -0.1) is 0 Å². The third-order valence-electron chi connectivity index (χ3n) is 2.71. The van der Waals surface area contributed by atoms with E-state index in [1.807, 2.05) is 19.1 Å². The highest BCUT2D eigenvalue weighted by Crippen LogP contribution is 2.25. The summed E-state index contributed by atoms with van der Waals surface area (Å²) in [4.78, 5) is 10.7. The largest absolute Gasteiger partial charge is 0.493 e. The number of hydrogen-bond donors (Lipinski definition) is 3. The second-order valence-corrected chi connectivity index (χ2v) is 4.60. The molecule has 20 heavy (non-hydrogen) atoms. The molecule has 0 saturated heterocycles. The van der Waals surface area contributed by atoms with Crippen LogP contribution in [0.15, 0.2) is 24.3 Å². The second kappa shape index (κ2) is 8.39. The van der Waals surface area contributed by atoms with E-state index in [0.717, 1.165) is 0 Å². The number of primary amides is 1. The van der Waals surface area contributed by atoms with Crippen LogP contribution >= 0.6 is 0 Å². The van der Waals surface area contributed by atoms with Crippen LogP contribution < -0.4 is 20.5 Å². The number of benzene rings is 1. The third kappa shape index (κ3) is 5.90. The minimum absolute atomic E-state index is 0.0755. The zero-order chi connectivity index (χ0) is 15.0. The topological polar surface area (TPSA) is 93.8 Å². The van der Waals surface area contributed by atoms with Crippen LogP contribution in [0.1, 0.15) is 13.3 Å². The van der Waals surface area contributed by atoms with Crippen molar-refractivity contribution in [2.45, 2.75) is 25.5 Å². The van der Waals surface area contributed by atoms with E-state index in [1.165, 1.54) is 0 Å². The molecule has 1 rings (SSSR count). The Hall–Kier alpha value is -1.79. The standard InChI is InChI=1S/C14H22N2O4/c1-10(7-14(15)18)16-8-11(17)9-20-13-6-4-3-5-12(13)19-2/h3-6,10-11,16-17H,7-9H2,1-2H3,(H2,15,18). The van der Waals surface area contributed by atoms with Crippen molar-refractivity contribution in [2.75, 3.05) is 20.3 Å². The number of nitrogens with one attached hydrogen (secondary N) is 1. The van der Waals surface area contributed by atoms with Gasteiger partial charge in [-0.2, -0.15) is 0 Å². The van der Waals surface area contributed by atoms with Gasteiger partial charge in [-0.1, -0.05) is 12.1 Å². The molecule has 0 aliphatic heterocycles. The van der Waals surface area contributed by atoms with Crippen LogP contribution in [-0.4, -0.2) is 43.4 Å². The first-order chi connectivity index (χ1) is 9.52. The smallest absolute Gasteiger partial charge is 0.218 e. The average molecular weight is 282 g/mol. The van der Waals surface area contributed by atoms with Gasteiger partial charge in [-0.05, 0) is 19.1 Å². The van der Waals surface area contributed by atoms with Gasteiger partial charge in [0.2, 0.25) is 5.91 Å². The number of amides is 1. The Labute approximate surface area is 118 Å². The Morgan fingerprint density at radius 3 is 2.65 bits per heavy atom. The highest BCUT2D eigenvalue weighted by molar-refractivity contribution is 5.74. The fraction of sp³-hybridized carbons (Fsp3) is 0.500. The lowest BCUT2D eigenvalue weighted by Gasteiger charge is -2.17. The maximum Gasteiger partial charge on any atom is 0.218 e. The minimum atomic E-state index is -0.685. The zero-order valence-electron chi connectivity index (χ0n) is 11.8. The molecule has 6 nitrogen and oxygen atoms in total. The van der Waals surface area contributed by atoms with Crippen molar-refractivity contribution in [1.29, 1.82) is 0 Å². The first kappa shape index (κ1) is 16.3. The lowest BCUT2D eigenvalue weighted by Crippen LogP contribution is -2.38. The summed E-state index contributed by atoms with van der Waals surface area (Å²) in [7, 11) is 1.56. The number of aliphatic hydroxyl groups is 1. The Morgan fingerprint density at radius 2 is 2.05 bits per heavy atom. The average Bonchev–Trinajstić information content (AvgIpc) is 2.42. The Morgan fingerprint density at radius 1 is 1.40 bits per heavy atom. The van der Waals surface area contributed by atoms with E-state index in [2.05, 4.69) is 5.32 Å². The molecule has 0 bridgehead atoms. The molecule has 4 N–H and O–H groups in total. The fourth-order valence-electron chi connectivity index (χ4n) is 1.69. The van der Waals surface area contributed by atoms with Crippen LogP contribution in [0.5, 0.6) is 11.5 Å². The zero-order valence-corrected chi connectivity index (χ0v) is 11.8. The van der Waals surface area contributed by atoms with E-state index in [9.17, 15) is 9.90 Å². The molecule has 0 spiro atoms. The van der Waals surface area contributed by atoms with Crippen molar-refractivity contribution in [2.24, 2.45) is 5.73 Å². The number of carbonyl (C=O) groups is 1. The summed E-state index contributed by atoms with van der Waals surface area (Å²) in [5.74, 6) is 0.832. The number of methoxy groups -OCH3 is 1. The van der Waals surface area contributed by atoms with Gasteiger partial charge in [0, 0.05) is 19.0 Å². The summed E-state index contributed by atoms with van der Waals surface area (Å²) in [6, 6.07) is 7.16. The molecule has 0 aliphatic rings. The van der Waals surface area contributed by atoms with Crippen molar-refractivity contribution < 1.29 is 19.4 Å². The van der Waals surface area contributed by atoms with Crippen molar-refractivity contribution >= 4 is 5.91 Å². The number of aliphatic hydroxyl groups excluding tert-OH is 1.